The summed E-state index contributed by atoms with van der Waals surface area (Å²) in [5, 5.41) is 0. The zero-order chi connectivity index (χ0) is 13.8. The van der Waals surface area contributed by atoms with E-state index in [1.54, 1.807) is 6.92 Å². The van der Waals surface area contributed by atoms with Gasteiger partial charge in [-0.2, -0.15) is 0 Å². The molecule has 0 aliphatic carbocycles. The Morgan fingerprint density at radius 3 is 2.68 bits per heavy atom. The van der Waals surface area contributed by atoms with Crippen LogP contribution >= 0.6 is 0 Å². The van der Waals surface area contributed by atoms with Crippen molar-refractivity contribution in [2.24, 2.45) is 0 Å². The summed E-state index contributed by atoms with van der Waals surface area (Å²) < 4.78 is 5.42. The summed E-state index contributed by atoms with van der Waals surface area (Å²) in [4.78, 5) is 10.7. The van der Waals surface area contributed by atoms with Gasteiger partial charge in [0.05, 0.1) is 0 Å². The normalized spacial score (nSPS) is 9.74. The van der Waals surface area contributed by atoms with Crippen molar-refractivity contribution < 1.29 is 9.53 Å². The molecule has 2 heteroatoms. The highest BCUT2D eigenvalue weighted by molar-refractivity contribution is 5.75. The second-order valence-corrected chi connectivity index (χ2v) is 4.55. The number of carbonyl (C=O) groups excluding carboxylic acids is 1. The van der Waals surface area contributed by atoms with Gasteiger partial charge in [-0.3, -0.25) is 4.79 Å². The number of hydrogen-bond acceptors (Lipinski definition) is 2. The Hall–Kier alpha value is -1.59. The summed E-state index contributed by atoms with van der Waals surface area (Å²) in [6, 6.07) is 10.5. The van der Waals surface area contributed by atoms with Gasteiger partial charge < -0.3 is 4.74 Å². The minimum absolute atomic E-state index is 0.191. The highest BCUT2D eigenvalue weighted by atomic mass is 16.5. The number of hydrogen-bond donors (Lipinski definition) is 0. The Labute approximate surface area is 116 Å². The molecule has 0 heterocycles. The second kappa shape index (κ2) is 10.3. The van der Waals surface area contributed by atoms with E-state index in [1.165, 1.54) is 5.56 Å². The minimum Gasteiger partial charge on any atom is -0.369 e. The molecule has 0 amide bonds. The van der Waals surface area contributed by atoms with E-state index in [2.05, 4.69) is 36.1 Å². The molecule has 0 atom stereocenters. The molecule has 0 fully saturated rings. The van der Waals surface area contributed by atoms with Gasteiger partial charge in [0.2, 0.25) is 0 Å². The van der Waals surface area contributed by atoms with E-state index in [0.29, 0.717) is 19.4 Å². The lowest BCUT2D eigenvalue weighted by Crippen LogP contribution is -1.96. The fourth-order valence-corrected chi connectivity index (χ4v) is 1.68. The molecule has 0 aliphatic heterocycles. The van der Waals surface area contributed by atoms with Crippen molar-refractivity contribution in [3.63, 3.8) is 0 Å². The third-order valence-electron chi connectivity index (χ3n) is 2.75. The van der Waals surface area contributed by atoms with Crippen LogP contribution in [0.4, 0.5) is 0 Å². The fourth-order valence-electron chi connectivity index (χ4n) is 1.68. The Bertz CT molecular complexity index is 412. The summed E-state index contributed by atoms with van der Waals surface area (Å²) in [6.07, 6.45) is 4.50. The molecular weight excluding hydrogens is 236 g/mol. The maximum Gasteiger partial charge on any atom is 0.130 e. The SMILES string of the molecule is CC(=O)CCC#CCOCCCCc1ccccc1. The van der Waals surface area contributed by atoms with E-state index in [0.717, 1.165) is 25.9 Å². The molecule has 102 valence electrons. The lowest BCUT2D eigenvalue weighted by molar-refractivity contribution is -0.116. The second-order valence-electron chi connectivity index (χ2n) is 4.55. The van der Waals surface area contributed by atoms with Crippen LogP contribution in [0.2, 0.25) is 0 Å². The highest BCUT2D eigenvalue weighted by Crippen LogP contribution is 2.04. The third-order valence-corrected chi connectivity index (χ3v) is 2.75. The molecule has 0 spiro atoms. The van der Waals surface area contributed by atoms with Crippen LogP contribution < -0.4 is 0 Å². The Balaban J connectivity index is 1.93. The van der Waals surface area contributed by atoms with Gasteiger partial charge in [0.25, 0.3) is 0 Å². The number of benzene rings is 1. The van der Waals surface area contributed by atoms with Crippen LogP contribution in [0.25, 0.3) is 0 Å². The number of rotatable bonds is 8. The topological polar surface area (TPSA) is 26.3 Å². The Morgan fingerprint density at radius 1 is 1.16 bits per heavy atom. The molecule has 0 saturated carbocycles. The molecule has 0 bridgehead atoms. The first-order valence-electron chi connectivity index (χ1n) is 6.86. The molecule has 1 rings (SSSR count). The van der Waals surface area contributed by atoms with Crippen molar-refractivity contribution in [2.75, 3.05) is 13.2 Å². The molecule has 1 aromatic carbocycles. The monoisotopic (exact) mass is 258 g/mol. The number of aryl methyl sites for hydroxylation is 1. The third kappa shape index (κ3) is 9.04. The van der Waals surface area contributed by atoms with E-state index >= 15 is 0 Å². The van der Waals surface area contributed by atoms with Gasteiger partial charge >= 0.3 is 0 Å². The van der Waals surface area contributed by atoms with Crippen LogP contribution in [0.5, 0.6) is 0 Å². The van der Waals surface area contributed by atoms with Crippen molar-refractivity contribution in [2.45, 2.75) is 39.0 Å². The van der Waals surface area contributed by atoms with Crippen LogP contribution in [-0.2, 0) is 16.0 Å². The van der Waals surface area contributed by atoms with Crippen molar-refractivity contribution in [1.82, 2.24) is 0 Å². The number of unbranched alkanes of at least 4 members (excludes halogenated alkanes) is 1. The first-order chi connectivity index (χ1) is 9.29. The molecular formula is C17H22O2. The number of Topliss-reactive ketones (excluding diaryl/α,β-unsaturated/α-hetero) is 1. The minimum atomic E-state index is 0.191. The summed E-state index contributed by atoms with van der Waals surface area (Å²) in [5.41, 5.74) is 1.38. The summed E-state index contributed by atoms with van der Waals surface area (Å²) >= 11 is 0. The highest BCUT2D eigenvalue weighted by Gasteiger charge is 1.92. The average Bonchev–Trinajstić information content (AvgIpc) is 2.42. The molecule has 0 unspecified atom stereocenters. The molecule has 0 N–H and O–H groups in total. The van der Waals surface area contributed by atoms with E-state index < -0.39 is 0 Å². The maximum atomic E-state index is 10.7. The molecule has 0 aromatic heterocycles. The zero-order valence-corrected chi connectivity index (χ0v) is 11.7. The molecule has 2 nitrogen and oxygen atoms in total. The van der Waals surface area contributed by atoms with Gasteiger partial charge in [-0.25, -0.2) is 0 Å². The van der Waals surface area contributed by atoms with Gasteiger partial charge in [0, 0.05) is 19.4 Å². The van der Waals surface area contributed by atoms with Gasteiger partial charge in [-0.15, -0.1) is 5.92 Å². The lowest BCUT2D eigenvalue weighted by Gasteiger charge is -2.01. The molecule has 0 radical (unpaired) electrons. The lowest BCUT2D eigenvalue weighted by atomic mass is 10.1. The first kappa shape index (κ1) is 15.5. The van der Waals surface area contributed by atoms with E-state index in [4.69, 9.17) is 4.74 Å². The molecule has 19 heavy (non-hydrogen) atoms. The smallest absolute Gasteiger partial charge is 0.130 e. The standard InChI is InChI=1S/C17H22O2/c1-16(18)10-4-3-8-14-19-15-9-7-13-17-11-5-2-6-12-17/h2,5-6,11-12H,4,7,9-10,13-15H2,1H3. The van der Waals surface area contributed by atoms with Crippen molar-refractivity contribution in [3.8, 4) is 11.8 Å². The largest absolute Gasteiger partial charge is 0.369 e. The van der Waals surface area contributed by atoms with Crippen molar-refractivity contribution in [3.05, 3.63) is 35.9 Å². The summed E-state index contributed by atoms with van der Waals surface area (Å²) in [6.45, 7) is 2.82. The summed E-state index contributed by atoms with van der Waals surface area (Å²) in [5.74, 6) is 6.05. The predicted molar refractivity (Wildman–Crippen MR) is 77.9 cm³/mol. The van der Waals surface area contributed by atoms with E-state index in [-0.39, 0.29) is 5.78 Å². The number of ketones is 1. The predicted octanol–water partition coefficient (Wildman–Crippen LogP) is 3.40. The Morgan fingerprint density at radius 2 is 1.95 bits per heavy atom. The number of ether oxygens (including phenoxy) is 1. The molecule has 1 aromatic rings. The fraction of sp³-hybridized carbons (Fsp3) is 0.471. The number of carbonyl (C=O) groups is 1. The zero-order valence-electron chi connectivity index (χ0n) is 11.7. The summed E-state index contributed by atoms with van der Waals surface area (Å²) in [7, 11) is 0. The molecule has 0 aliphatic rings. The average molecular weight is 258 g/mol. The van der Waals surface area contributed by atoms with Crippen LogP contribution in [0.1, 0.15) is 38.2 Å². The van der Waals surface area contributed by atoms with E-state index in [9.17, 15) is 4.79 Å². The van der Waals surface area contributed by atoms with Gasteiger partial charge in [-0.1, -0.05) is 36.3 Å². The van der Waals surface area contributed by atoms with E-state index in [1.807, 2.05) is 6.07 Å². The van der Waals surface area contributed by atoms with Gasteiger partial charge in [-0.05, 0) is 31.7 Å². The quantitative estimate of drug-likeness (QED) is 0.527. The van der Waals surface area contributed by atoms with Gasteiger partial charge in [0.1, 0.15) is 12.4 Å². The Kier molecular flexibility index (Phi) is 8.42. The van der Waals surface area contributed by atoms with Crippen LogP contribution in [0.15, 0.2) is 30.3 Å². The van der Waals surface area contributed by atoms with Gasteiger partial charge in [0.15, 0.2) is 0 Å². The van der Waals surface area contributed by atoms with Crippen LogP contribution in [0.3, 0.4) is 0 Å². The van der Waals surface area contributed by atoms with Crippen molar-refractivity contribution in [1.29, 1.82) is 0 Å². The van der Waals surface area contributed by atoms with Crippen molar-refractivity contribution >= 4 is 5.78 Å². The van der Waals surface area contributed by atoms with Crippen LogP contribution in [0, 0.1) is 11.8 Å². The van der Waals surface area contributed by atoms with Crippen LogP contribution in [-0.4, -0.2) is 19.0 Å². The molecule has 0 saturated heterocycles. The maximum absolute atomic E-state index is 10.7. The first-order valence-corrected chi connectivity index (χ1v) is 6.86.